The summed E-state index contributed by atoms with van der Waals surface area (Å²) in [5.41, 5.74) is 2.51. The molecule has 1 aliphatic heterocycles. The Labute approximate surface area is 123 Å². The Morgan fingerprint density at radius 1 is 1.53 bits per heavy atom. The second kappa shape index (κ2) is 6.53. The maximum absolute atomic E-state index is 12.2. The van der Waals surface area contributed by atoms with E-state index in [1.54, 1.807) is 0 Å². The second-order valence-electron chi connectivity index (χ2n) is 5.27. The summed E-state index contributed by atoms with van der Waals surface area (Å²) >= 11 is 3.48. The number of nitrogens with one attached hydrogen (secondary N) is 1. The van der Waals surface area contributed by atoms with Crippen molar-refractivity contribution in [2.45, 2.75) is 32.7 Å². The fourth-order valence-electron chi connectivity index (χ4n) is 2.47. The van der Waals surface area contributed by atoms with Gasteiger partial charge in [-0.15, -0.1) is 0 Å². The Kier molecular flexibility index (Phi) is 4.99. The normalized spacial score (nSPS) is 19.5. The zero-order valence-electron chi connectivity index (χ0n) is 11.6. The lowest BCUT2D eigenvalue weighted by Crippen LogP contribution is -2.51. The van der Waals surface area contributed by atoms with Crippen molar-refractivity contribution in [2.75, 3.05) is 19.6 Å². The fourth-order valence-corrected chi connectivity index (χ4v) is 2.88. The number of piperazine rings is 1. The quantitative estimate of drug-likeness (QED) is 0.926. The molecule has 4 heteroatoms. The molecule has 1 fully saturated rings. The SMILES string of the molecule is Cc1ccc(Br)cc1CCC(=O)N1CCNC(C)C1. The number of benzene rings is 1. The monoisotopic (exact) mass is 324 g/mol. The lowest BCUT2D eigenvalue weighted by atomic mass is 10.0. The lowest BCUT2D eigenvalue weighted by molar-refractivity contribution is -0.132. The van der Waals surface area contributed by atoms with Gasteiger partial charge in [0.15, 0.2) is 0 Å². The maximum Gasteiger partial charge on any atom is 0.222 e. The van der Waals surface area contributed by atoms with E-state index in [0.29, 0.717) is 12.5 Å². The number of hydrogen-bond acceptors (Lipinski definition) is 2. The molecule has 1 amide bonds. The summed E-state index contributed by atoms with van der Waals surface area (Å²) in [5.74, 6) is 0.271. The maximum atomic E-state index is 12.2. The number of nitrogens with zero attached hydrogens (tertiary/aromatic N) is 1. The summed E-state index contributed by atoms with van der Waals surface area (Å²) in [7, 11) is 0. The molecule has 0 spiro atoms. The molecule has 1 heterocycles. The number of halogens is 1. The van der Waals surface area contributed by atoms with Gasteiger partial charge in [0.1, 0.15) is 0 Å². The molecule has 104 valence electrons. The van der Waals surface area contributed by atoms with E-state index in [1.165, 1.54) is 11.1 Å². The summed E-state index contributed by atoms with van der Waals surface area (Å²) in [6.45, 7) is 6.79. The van der Waals surface area contributed by atoms with Crippen LogP contribution in [0.2, 0.25) is 0 Å². The predicted octanol–water partition coefficient (Wildman–Crippen LogP) is 2.51. The summed E-state index contributed by atoms with van der Waals surface area (Å²) in [6, 6.07) is 6.66. The molecule has 1 N–H and O–H groups in total. The first kappa shape index (κ1) is 14.5. The molecule has 1 aromatic rings. The number of rotatable bonds is 3. The first-order valence-electron chi connectivity index (χ1n) is 6.82. The average molecular weight is 325 g/mol. The van der Waals surface area contributed by atoms with E-state index in [0.717, 1.165) is 30.5 Å². The number of carbonyl (C=O) groups excluding carboxylic acids is 1. The molecule has 0 saturated carbocycles. The van der Waals surface area contributed by atoms with Crippen LogP contribution in [0, 0.1) is 6.92 Å². The highest BCUT2D eigenvalue weighted by Gasteiger charge is 2.20. The molecule has 0 radical (unpaired) electrons. The molecule has 1 atom stereocenters. The molecule has 0 aromatic heterocycles. The molecular weight excluding hydrogens is 304 g/mol. The van der Waals surface area contributed by atoms with Crippen molar-refractivity contribution < 1.29 is 4.79 Å². The average Bonchev–Trinajstić information content (AvgIpc) is 2.39. The van der Waals surface area contributed by atoms with Crippen molar-refractivity contribution in [3.05, 3.63) is 33.8 Å². The van der Waals surface area contributed by atoms with Crippen LogP contribution in [0.25, 0.3) is 0 Å². The van der Waals surface area contributed by atoms with Crippen molar-refractivity contribution in [3.63, 3.8) is 0 Å². The highest BCUT2D eigenvalue weighted by Crippen LogP contribution is 2.18. The number of aryl methyl sites for hydroxylation is 2. The fraction of sp³-hybridized carbons (Fsp3) is 0.533. The zero-order valence-corrected chi connectivity index (χ0v) is 13.2. The van der Waals surface area contributed by atoms with Gasteiger partial charge >= 0.3 is 0 Å². The Morgan fingerprint density at radius 2 is 2.32 bits per heavy atom. The molecule has 2 rings (SSSR count). The topological polar surface area (TPSA) is 32.3 Å². The minimum absolute atomic E-state index is 0.271. The van der Waals surface area contributed by atoms with E-state index in [-0.39, 0.29) is 5.91 Å². The van der Waals surface area contributed by atoms with Crippen LogP contribution in [0.1, 0.15) is 24.5 Å². The van der Waals surface area contributed by atoms with E-state index in [1.807, 2.05) is 11.0 Å². The molecule has 0 bridgehead atoms. The van der Waals surface area contributed by atoms with Gasteiger partial charge in [0.25, 0.3) is 0 Å². The molecular formula is C15H21BrN2O. The van der Waals surface area contributed by atoms with Crippen molar-refractivity contribution in [1.29, 1.82) is 0 Å². The van der Waals surface area contributed by atoms with E-state index in [4.69, 9.17) is 0 Å². The van der Waals surface area contributed by atoms with E-state index in [9.17, 15) is 4.79 Å². The van der Waals surface area contributed by atoms with E-state index >= 15 is 0 Å². The summed E-state index contributed by atoms with van der Waals surface area (Å²) in [5, 5.41) is 3.36. The van der Waals surface area contributed by atoms with Crippen molar-refractivity contribution in [1.82, 2.24) is 10.2 Å². The van der Waals surface area contributed by atoms with Gasteiger partial charge in [0.05, 0.1) is 0 Å². The Balaban J connectivity index is 1.91. The smallest absolute Gasteiger partial charge is 0.222 e. The molecule has 1 saturated heterocycles. The number of hydrogen-bond donors (Lipinski definition) is 1. The standard InChI is InChI=1S/C15H21BrN2O/c1-11-3-5-14(16)9-13(11)4-6-15(19)18-8-7-17-12(2)10-18/h3,5,9,12,17H,4,6-8,10H2,1-2H3. The zero-order chi connectivity index (χ0) is 13.8. The first-order chi connectivity index (χ1) is 9.06. The third kappa shape index (κ3) is 4.05. The third-order valence-electron chi connectivity index (χ3n) is 3.64. The van der Waals surface area contributed by atoms with Gasteiger partial charge in [-0.2, -0.15) is 0 Å². The van der Waals surface area contributed by atoms with Crippen LogP contribution >= 0.6 is 15.9 Å². The highest BCUT2D eigenvalue weighted by molar-refractivity contribution is 9.10. The summed E-state index contributed by atoms with van der Waals surface area (Å²) < 4.78 is 1.08. The van der Waals surface area contributed by atoms with Crippen molar-refractivity contribution >= 4 is 21.8 Å². The lowest BCUT2D eigenvalue weighted by Gasteiger charge is -2.32. The minimum Gasteiger partial charge on any atom is -0.340 e. The molecule has 3 nitrogen and oxygen atoms in total. The van der Waals surface area contributed by atoms with Gasteiger partial charge in [-0.05, 0) is 43.5 Å². The van der Waals surface area contributed by atoms with Crippen molar-refractivity contribution in [2.24, 2.45) is 0 Å². The largest absolute Gasteiger partial charge is 0.340 e. The van der Waals surface area contributed by atoms with Crippen LogP contribution in [-0.4, -0.2) is 36.5 Å². The second-order valence-corrected chi connectivity index (χ2v) is 6.18. The number of carbonyl (C=O) groups is 1. The van der Waals surface area contributed by atoms with Gasteiger partial charge in [-0.1, -0.05) is 22.0 Å². The molecule has 19 heavy (non-hydrogen) atoms. The van der Waals surface area contributed by atoms with Crippen LogP contribution < -0.4 is 5.32 Å². The summed E-state index contributed by atoms with van der Waals surface area (Å²) in [4.78, 5) is 14.2. The molecule has 1 aromatic carbocycles. The van der Waals surface area contributed by atoms with Gasteiger partial charge in [0.2, 0.25) is 5.91 Å². The Morgan fingerprint density at radius 3 is 3.05 bits per heavy atom. The van der Waals surface area contributed by atoms with Gasteiger partial charge in [-0.3, -0.25) is 4.79 Å². The van der Waals surface area contributed by atoms with Crippen LogP contribution in [0.4, 0.5) is 0 Å². The van der Waals surface area contributed by atoms with E-state index < -0.39 is 0 Å². The predicted molar refractivity (Wildman–Crippen MR) is 81.2 cm³/mol. The Hall–Kier alpha value is -0.870. The highest BCUT2D eigenvalue weighted by atomic mass is 79.9. The third-order valence-corrected chi connectivity index (χ3v) is 4.13. The van der Waals surface area contributed by atoms with Crippen LogP contribution in [0.3, 0.4) is 0 Å². The van der Waals surface area contributed by atoms with Crippen LogP contribution in [0.15, 0.2) is 22.7 Å². The van der Waals surface area contributed by atoms with Gasteiger partial charge in [0, 0.05) is 36.6 Å². The van der Waals surface area contributed by atoms with Crippen LogP contribution in [0.5, 0.6) is 0 Å². The Bertz CT molecular complexity index is 461. The van der Waals surface area contributed by atoms with Gasteiger partial charge < -0.3 is 10.2 Å². The molecule has 1 aliphatic rings. The first-order valence-corrected chi connectivity index (χ1v) is 7.62. The summed E-state index contributed by atoms with van der Waals surface area (Å²) in [6.07, 6.45) is 1.42. The minimum atomic E-state index is 0.271. The number of amides is 1. The van der Waals surface area contributed by atoms with Crippen molar-refractivity contribution in [3.8, 4) is 0 Å². The molecule has 1 unspecified atom stereocenters. The van der Waals surface area contributed by atoms with E-state index in [2.05, 4.69) is 47.2 Å². The van der Waals surface area contributed by atoms with Gasteiger partial charge in [-0.25, -0.2) is 0 Å². The van der Waals surface area contributed by atoms with Crippen LogP contribution in [-0.2, 0) is 11.2 Å². The molecule has 0 aliphatic carbocycles.